The van der Waals surface area contributed by atoms with Gasteiger partial charge in [0, 0.05) is 13.1 Å². The van der Waals surface area contributed by atoms with Gasteiger partial charge < -0.3 is 10.0 Å². The molecular weight excluding hydrogens is 146 g/mol. The molecule has 1 rings (SSSR count). The molecule has 1 fully saturated rings. The van der Waals surface area contributed by atoms with Crippen LogP contribution in [0.15, 0.2) is 0 Å². The molecule has 1 heterocycles. The SMILES string of the molecule is O=CC(=O)N1CCC(O)CC1. The van der Waals surface area contributed by atoms with Crippen molar-refractivity contribution in [3.63, 3.8) is 0 Å². The third kappa shape index (κ3) is 2.01. The third-order valence-corrected chi connectivity index (χ3v) is 1.88. The van der Waals surface area contributed by atoms with Crippen LogP contribution < -0.4 is 0 Å². The molecular formula is C7H11NO3. The molecule has 0 unspecified atom stereocenters. The number of amides is 1. The summed E-state index contributed by atoms with van der Waals surface area (Å²) in [4.78, 5) is 22.2. The van der Waals surface area contributed by atoms with Gasteiger partial charge in [0.05, 0.1) is 6.10 Å². The summed E-state index contributed by atoms with van der Waals surface area (Å²) in [5.74, 6) is -0.475. The number of nitrogens with zero attached hydrogens (tertiary/aromatic N) is 1. The minimum Gasteiger partial charge on any atom is -0.393 e. The molecule has 0 aliphatic carbocycles. The van der Waals surface area contributed by atoms with Gasteiger partial charge in [-0.05, 0) is 12.8 Å². The lowest BCUT2D eigenvalue weighted by molar-refractivity contribution is -0.140. The monoisotopic (exact) mass is 157 g/mol. The fourth-order valence-corrected chi connectivity index (χ4v) is 1.16. The summed E-state index contributed by atoms with van der Waals surface area (Å²) in [6.45, 7) is 0.997. The van der Waals surface area contributed by atoms with E-state index in [1.807, 2.05) is 0 Å². The quantitative estimate of drug-likeness (QED) is 0.399. The molecule has 1 aliphatic heterocycles. The Hall–Kier alpha value is -0.900. The summed E-state index contributed by atoms with van der Waals surface area (Å²) in [6.07, 6.45) is 1.18. The van der Waals surface area contributed by atoms with Crippen molar-refractivity contribution in [2.45, 2.75) is 18.9 Å². The maximum absolute atomic E-state index is 10.7. The van der Waals surface area contributed by atoms with Crippen molar-refractivity contribution in [1.82, 2.24) is 4.90 Å². The average molecular weight is 157 g/mol. The summed E-state index contributed by atoms with van der Waals surface area (Å²) < 4.78 is 0. The zero-order chi connectivity index (χ0) is 8.27. The molecule has 0 bridgehead atoms. The Morgan fingerprint density at radius 3 is 2.45 bits per heavy atom. The molecule has 1 aliphatic rings. The van der Waals surface area contributed by atoms with Crippen LogP contribution in [0.3, 0.4) is 0 Å². The molecule has 1 N–H and O–H groups in total. The molecule has 62 valence electrons. The number of carbonyl (C=O) groups excluding carboxylic acids is 2. The van der Waals surface area contributed by atoms with Crippen molar-refractivity contribution in [1.29, 1.82) is 0 Å². The Morgan fingerprint density at radius 2 is 2.00 bits per heavy atom. The predicted octanol–water partition coefficient (Wildman–Crippen LogP) is -0.831. The van der Waals surface area contributed by atoms with E-state index >= 15 is 0 Å². The van der Waals surface area contributed by atoms with Crippen LogP contribution in [0.25, 0.3) is 0 Å². The van der Waals surface area contributed by atoms with Crippen LogP contribution in [0, 0.1) is 0 Å². The predicted molar refractivity (Wildman–Crippen MR) is 37.9 cm³/mol. The topological polar surface area (TPSA) is 57.6 Å². The van der Waals surface area contributed by atoms with Gasteiger partial charge in [0.15, 0.2) is 0 Å². The maximum Gasteiger partial charge on any atom is 0.286 e. The number of hydrogen-bond acceptors (Lipinski definition) is 3. The van der Waals surface area contributed by atoms with Crippen molar-refractivity contribution in [2.75, 3.05) is 13.1 Å². The van der Waals surface area contributed by atoms with Crippen LogP contribution in [-0.2, 0) is 9.59 Å². The highest BCUT2D eigenvalue weighted by Crippen LogP contribution is 2.08. The first-order valence-corrected chi connectivity index (χ1v) is 3.66. The number of aldehydes is 1. The van der Waals surface area contributed by atoms with E-state index in [2.05, 4.69) is 0 Å². The first kappa shape index (κ1) is 8.20. The van der Waals surface area contributed by atoms with E-state index in [1.165, 1.54) is 4.90 Å². The highest BCUT2D eigenvalue weighted by Gasteiger charge is 2.20. The van der Waals surface area contributed by atoms with Gasteiger partial charge in [0.1, 0.15) is 0 Å². The molecule has 1 amide bonds. The third-order valence-electron chi connectivity index (χ3n) is 1.88. The smallest absolute Gasteiger partial charge is 0.286 e. The van der Waals surface area contributed by atoms with Crippen molar-refractivity contribution in [3.05, 3.63) is 0 Å². The van der Waals surface area contributed by atoms with Gasteiger partial charge in [-0.1, -0.05) is 0 Å². The first-order valence-electron chi connectivity index (χ1n) is 3.66. The summed E-state index contributed by atoms with van der Waals surface area (Å²) >= 11 is 0. The lowest BCUT2D eigenvalue weighted by Crippen LogP contribution is -2.40. The fourth-order valence-electron chi connectivity index (χ4n) is 1.16. The van der Waals surface area contributed by atoms with Crippen LogP contribution in [0.1, 0.15) is 12.8 Å². The second kappa shape index (κ2) is 3.48. The molecule has 0 radical (unpaired) electrons. The summed E-state index contributed by atoms with van der Waals surface area (Å²) in [5, 5.41) is 9.06. The number of piperidine rings is 1. The minimum absolute atomic E-state index is 0.300. The number of carbonyl (C=O) groups is 2. The van der Waals surface area contributed by atoms with Gasteiger partial charge in [0.2, 0.25) is 6.29 Å². The normalized spacial score (nSPS) is 19.9. The van der Waals surface area contributed by atoms with Gasteiger partial charge in [-0.15, -0.1) is 0 Å². The first-order chi connectivity index (χ1) is 5.24. The minimum atomic E-state index is -0.475. The highest BCUT2D eigenvalue weighted by atomic mass is 16.3. The van der Waals surface area contributed by atoms with Crippen molar-refractivity contribution < 1.29 is 14.7 Å². The molecule has 0 saturated carbocycles. The van der Waals surface area contributed by atoms with E-state index in [-0.39, 0.29) is 6.10 Å². The van der Waals surface area contributed by atoms with Gasteiger partial charge in [0.25, 0.3) is 5.91 Å². The average Bonchev–Trinajstić information content (AvgIpc) is 2.05. The lowest BCUT2D eigenvalue weighted by Gasteiger charge is -2.27. The number of rotatable bonds is 1. The van der Waals surface area contributed by atoms with Gasteiger partial charge in [-0.2, -0.15) is 0 Å². The van der Waals surface area contributed by atoms with Gasteiger partial charge in [-0.25, -0.2) is 0 Å². The number of hydrogen-bond donors (Lipinski definition) is 1. The second-order valence-corrected chi connectivity index (χ2v) is 2.67. The highest BCUT2D eigenvalue weighted by molar-refractivity contribution is 6.23. The van der Waals surface area contributed by atoms with E-state index in [0.29, 0.717) is 32.2 Å². The summed E-state index contributed by atoms with van der Waals surface area (Å²) in [6, 6.07) is 0. The van der Waals surface area contributed by atoms with Gasteiger partial charge >= 0.3 is 0 Å². The molecule has 4 nitrogen and oxygen atoms in total. The van der Waals surface area contributed by atoms with Crippen molar-refractivity contribution >= 4 is 12.2 Å². The summed E-state index contributed by atoms with van der Waals surface area (Å²) in [7, 11) is 0. The van der Waals surface area contributed by atoms with E-state index < -0.39 is 5.91 Å². The number of likely N-dealkylation sites (tertiary alicyclic amines) is 1. The van der Waals surface area contributed by atoms with Crippen LogP contribution in [0.5, 0.6) is 0 Å². The molecule has 1 saturated heterocycles. The van der Waals surface area contributed by atoms with E-state index in [4.69, 9.17) is 5.11 Å². The summed E-state index contributed by atoms with van der Waals surface area (Å²) in [5.41, 5.74) is 0. The van der Waals surface area contributed by atoms with Gasteiger partial charge in [-0.3, -0.25) is 9.59 Å². The molecule has 0 atom stereocenters. The molecule has 4 heteroatoms. The largest absolute Gasteiger partial charge is 0.393 e. The van der Waals surface area contributed by atoms with E-state index in [0.717, 1.165) is 0 Å². The molecule has 0 aromatic carbocycles. The molecule has 11 heavy (non-hydrogen) atoms. The Bertz CT molecular complexity index is 161. The molecule has 0 spiro atoms. The molecule has 0 aromatic heterocycles. The Kier molecular flexibility index (Phi) is 2.59. The second-order valence-electron chi connectivity index (χ2n) is 2.67. The zero-order valence-corrected chi connectivity index (χ0v) is 6.19. The van der Waals surface area contributed by atoms with E-state index in [1.54, 1.807) is 0 Å². The number of aliphatic hydroxyl groups is 1. The van der Waals surface area contributed by atoms with Crippen molar-refractivity contribution in [2.24, 2.45) is 0 Å². The zero-order valence-electron chi connectivity index (χ0n) is 6.19. The Balaban J connectivity index is 2.38. The van der Waals surface area contributed by atoms with Crippen molar-refractivity contribution in [3.8, 4) is 0 Å². The molecule has 0 aromatic rings. The Labute approximate surface area is 64.8 Å². The van der Waals surface area contributed by atoms with E-state index in [9.17, 15) is 9.59 Å². The lowest BCUT2D eigenvalue weighted by atomic mass is 10.1. The van der Waals surface area contributed by atoms with Crippen LogP contribution >= 0.6 is 0 Å². The maximum atomic E-state index is 10.7. The van der Waals surface area contributed by atoms with Crippen LogP contribution in [0.4, 0.5) is 0 Å². The number of aliphatic hydroxyl groups excluding tert-OH is 1. The Morgan fingerprint density at radius 1 is 1.45 bits per heavy atom. The fraction of sp³-hybridized carbons (Fsp3) is 0.714. The standard InChI is InChI=1S/C7H11NO3/c9-5-7(11)8-3-1-6(10)2-4-8/h5-6,10H,1-4H2. The van der Waals surface area contributed by atoms with Crippen LogP contribution in [-0.4, -0.2) is 41.4 Å². The van der Waals surface area contributed by atoms with Crippen LogP contribution in [0.2, 0.25) is 0 Å².